The predicted octanol–water partition coefficient (Wildman–Crippen LogP) is 4.43. The lowest BCUT2D eigenvalue weighted by Crippen LogP contribution is -2.48. The van der Waals surface area contributed by atoms with Gasteiger partial charge in [-0.15, -0.1) is 10.2 Å². The monoisotopic (exact) mass is 520 g/mol. The molecule has 2 fully saturated rings. The van der Waals surface area contributed by atoms with Gasteiger partial charge in [0.1, 0.15) is 17.7 Å². The Bertz CT molecular complexity index is 1500. The van der Waals surface area contributed by atoms with E-state index in [2.05, 4.69) is 39.1 Å². The second-order valence-corrected chi connectivity index (χ2v) is 11.3. The van der Waals surface area contributed by atoms with Crippen molar-refractivity contribution in [1.82, 2.24) is 29.2 Å². The summed E-state index contributed by atoms with van der Waals surface area (Å²) in [5.74, 6) is 1.60. The van der Waals surface area contributed by atoms with Gasteiger partial charge in [-0.05, 0) is 61.9 Å². The maximum Gasteiger partial charge on any atom is 0.279 e. The first-order valence-corrected chi connectivity index (χ1v) is 13.4. The van der Waals surface area contributed by atoms with Crippen LogP contribution in [-0.2, 0) is 23.7 Å². The summed E-state index contributed by atoms with van der Waals surface area (Å²) in [7, 11) is 3.71. The van der Waals surface area contributed by atoms with Crippen molar-refractivity contribution < 1.29 is 4.74 Å². The van der Waals surface area contributed by atoms with Crippen LogP contribution >= 0.6 is 11.6 Å². The third-order valence-electron chi connectivity index (χ3n) is 8.24. The molecule has 1 aliphatic carbocycles. The molecule has 1 aliphatic heterocycles. The highest BCUT2D eigenvalue weighted by Gasteiger charge is 2.50. The minimum Gasteiger partial charge on any atom is -0.381 e. The molecule has 2 aliphatic rings. The zero-order valence-electron chi connectivity index (χ0n) is 21.6. The number of aromatic nitrogens is 5. The van der Waals surface area contributed by atoms with Crippen molar-refractivity contribution in [3.63, 3.8) is 0 Å². The standard InChI is InChI=1S/C28H33ClN6O2/c1-18-6-5-9-34(14-18)15-20-11-23-24(29)16-35(26(36)25(23)31-20)21-8-4-7-19(10-21)28(12-22(13-28)37-3)27-32-30-17-33(27)2/h4,7-8,10-11,16-18,22,31H,5-6,9,12-15H2,1-3H3/t18-,22?,28?/m0/s1. The van der Waals surface area contributed by atoms with E-state index in [0.29, 0.717) is 16.5 Å². The highest BCUT2D eigenvalue weighted by atomic mass is 35.5. The van der Waals surface area contributed by atoms with Gasteiger partial charge in [-0.2, -0.15) is 0 Å². The third kappa shape index (κ3) is 4.21. The fourth-order valence-corrected chi connectivity index (χ4v) is 6.53. The third-order valence-corrected chi connectivity index (χ3v) is 8.54. The number of ether oxygens (including phenoxy) is 1. The van der Waals surface area contributed by atoms with Crippen molar-refractivity contribution in [2.75, 3.05) is 20.2 Å². The van der Waals surface area contributed by atoms with Crippen LogP contribution in [0.3, 0.4) is 0 Å². The van der Waals surface area contributed by atoms with Gasteiger partial charge in [0.25, 0.3) is 5.56 Å². The van der Waals surface area contributed by atoms with Crippen LogP contribution in [0.4, 0.5) is 0 Å². The van der Waals surface area contributed by atoms with Crippen LogP contribution in [-0.4, -0.2) is 55.5 Å². The summed E-state index contributed by atoms with van der Waals surface area (Å²) < 4.78 is 9.24. The maximum absolute atomic E-state index is 13.7. The summed E-state index contributed by atoms with van der Waals surface area (Å²) in [5.41, 5.74) is 3.01. The predicted molar refractivity (Wildman–Crippen MR) is 144 cm³/mol. The van der Waals surface area contributed by atoms with E-state index in [9.17, 15) is 4.79 Å². The van der Waals surface area contributed by atoms with E-state index in [0.717, 1.165) is 60.6 Å². The summed E-state index contributed by atoms with van der Waals surface area (Å²) in [6.45, 7) is 5.26. The Morgan fingerprint density at radius 3 is 2.84 bits per heavy atom. The molecule has 9 heteroatoms. The minimum absolute atomic E-state index is 0.106. The molecule has 6 rings (SSSR count). The quantitative estimate of drug-likeness (QED) is 0.407. The van der Waals surface area contributed by atoms with Crippen molar-refractivity contribution >= 4 is 22.5 Å². The number of methoxy groups -OCH3 is 1. The number of likely N-dealkylation sites (tertiary alicyclic amines) is 1. The molecule has 3 aromatic heterocycles. The number of hydrogen-bond acceptors (Lipinski definition) is 5. The number of piperidine rings is 1. The van der Waals surface area contributed by atoms with E-state index in [1.807, 2.05) is 29.8 Å². The number of rotatable bonds is 6. The van der Waals surface area contributed by atoms with Gasteiger partial charge < -0.3 is 14.3 Å². The Morgan fingerprint density at radius 2 is 2.11 bits per heavy atom. The molecule has 8 nitrogen and oxygen atoms in total. The van der Waals surface area contributed by atoms with Crippen LogP contribution in [0.5, 0.6) is 0 Å². The molecule has 1 saturated carbocycles. The number of hydrogen-bond donors (Lipinski definition) is 1. The molecular weight excluding hydrogens is 488 g/mol. The number of aromatic amines is 1. The van der Waals surface area contributed by atoms with Gasteiger partial charge in [0.05, 0.1) is 16.5 Å². The average molecular weight is 521 g/mol. The van der Waals surface area contributed by atoms with E-state index in [1.165, 1.54) is 12.8 Å². The lowest BCUT2D eigenvalue weighted by molar-refractivity contribution is -0.00696. The molecule has 0 unspecified atom stereocenters. The summed E-state index contributed by atoms with van der Waals surface area (Å²) in [4.78, 5) is 19.5. The van der Waals surface area contributed by atoms with Gasteiger partial charge in [0.2, 0.25) is 0 Å². The Morgan fingerprint density at radius 1 is 1.27 bits per heavy atom. The highest BCUT2D eigenvalue weighted by Crippen LogP contribution is 2.49. The molecule has 4 aromatic rings. The SMILES string of the molecule is COC1CC(c2cccc(-n3cc(Cl)c4cc(CN5CCC[C@H](C)C5)[nH]c4c3=O)c2)(c2nncn2C)C1. The highest BCUT2D eigenvalue weighted by molar-refractivity contribution is 6.35. The van der Waals surface area contributed by atoms with Gasteiger partial charge in [0.15, 0.2) is 0 Å². The topological polar surface area (TPSA) is 81.0 Å². The van der Waals surface area contributed by atoms with E-state index in [1.54, 1.807) is 24.2 Å². The molecule has 1 saturated heterocycles. The Labute approximate surface area is 221 Å². The number of H-pyrrole nitrogens is 1. The molecule has 1 aromatic carbocycles. The number of fused-ring (bicyclic) bond motifs is 1. The number of pyridine rings is 1. The van der Waals surface area contributed by atoms with Crippen LogP contribution in [0.1, 0.15) is 49.7 Å². The Balaban J connectivity index is 1.38. The Kier molecular flexibility index (Phi) is 6.21. The molecular formula is C28H33ClN6O2. The number of aryl methyl sites for hydroxylation is 1. The molecule has 4 heterocycles. The first-order valence-electron chi connectivity index (χ1n) is 13.0. The van der Waals surface area contributed by atoms with Crippen LogP contribution in [0.25, 0.3) is 16.6 Å². The van der Waals surface area contributed by atoms with Crippen LogP contribution in [0.2, 0.25) is 5.02 Å². The summed E-state index contributed by atoms with van der Waals surface area (Å²) in [6, 6.07) is 10.1. The number of benzene rings is 1. The van der Waals surface area contributed by atoms with E-state index in [4.69, 9.17) is 16.3 Å². The number of nitrogens with one attached hydrogen (secondary N) is 1. The van der Waals surface area contributed by atoms with Gasteiger partial charge in [-0.3, -0.25) is 14.3 Å². The largest absolute Gasteiger partial charge is 0.381 e. The first-order chi connectivity index (χ1) is 17.9. The average Bonchev–Trinajstić information content (AvgIpc) is 3.48. The molecule has 1 atom stereocenters. The zero-order valence-corrected chi connectivity index (χ0v) is 22.3. The van der Waals surface area contributed by atoms with Crippen molar-refractivity contribution in [1.29, 1.82) is 0 Å². The number of halogens is 1. The molecule has 0 amide bonds. The van der Waals surface area contributed by atoms with Gasteiger partial charge >= 0.3 is 0 Å². The normalized spacial score (nSPS) is 24.4. The van der Waals surface area contributed by atoms with Gasteiger partial charge in [0, 0.05) is 50.2 Å². The van der Waals surface area contributed by atoms with Gasteiger partial charge in [-0.25, -0.2) is 0 Å². The van der Waals surface area contributed by atoms with Crippen LogP contribution < -0.4 is 5.56 Å². The van der Waals surface area contributed by atoms with Gasteiger partial charge in [-0.1, -0.05) is 30.7 Å². The lowest BCUT2D eigenvalue weighted by atomic mass is 9.62. The molecule has 0 radical (unpaired) electrons. The molecule has 1 N–H and O–H groups in total. The Hall–Kier alpha value is -2.94. The lowest BCUT2D eigenvalue weighted by Gasteiger charge is -2.46. The first kappa shape index (κ1) is 24.4. The molecule has 37 heavy (non-hydrogen) atoms. The van der Waals surface area contributed by atoms with Crippen molar-refractivity contribution in [3.8, 4) is 5.69 Å². The summed E-state index contributed by atoms with van der Waals surface area (Å²) >= 11 is 6.74. The fourth-order valence-electron chi connectivity index (χ4n) is 6.28. The summed E-state index contributed by atoms with van der Waals surface area (Å²) in [5, 5.41) is 9.90. The van der Waals surface area contributed by atoms with E-state index in [-0.39, 0.29) is 17.1 Å². The zero-order chi connectivity index (χ0) is 25.7. The van der Waals surface area contributed by atoms with Crippen LogP contribution in [0, 0.1) is 5.92 Å². The maximum atomic E-state index is 13.7. The smallest absolute Gasteiger partial charge is 0.279 e. The molecule has 194 valence electrons. The molecule has 0 bridgehead atoms. The summed E-state index contributed by atoms with van der Waals surface area (Å²) in [6.07, 6.45) is 7.74. The van der Waals surface area contributed by atoms with Crippen molar-refractivity contribution in [3.05, 3.63) is 75.3 Å². The minimum atomic E-state index is -0.315. The fraction of sp³-hybridized carbons (Fsp3) is 0.464. The van der Waals surface area contributed by atoms with E-state index < -0.39 is 0 Å². The number of nitrogens with zero attached hydrogens (tertiary/aromatic N) is 5. The molecule has 0 spiro atoms. The second-order valence-electron chi connectivity index (χ2n) is 10.9. The van der Waals surface area contributed by atoms with Crippen LogP contribution in [0.15, 0.2) is 47.7 Å². The van der Waals surface area contributed by atoms with Crippen molar-refractivity contribution in [2.24, 2.45) is 13.0 Å². The second kappa shape index (κ2) is 9.42. The van der Waals surface area contributed by atoms with Crippen molar-refractivity contribution in [2.45, 2.75) is 50.7 Å². The van der Waals surface area contributed by atoms with E-state index >= 15 is 0 Å².